The minimum Gasteiger partial charge on any atom is -0.381 e. The van der Waals surface area contributed by atoms with Crippen molar-refractivity contribution in [2.45, 2.75) is 63.8 Å². The van der Waals surface area contributed by atoms with E-state index in [-0.39, 0.29) is 17.9 Å². The Morgan fingerprint density at radius 3 is 2.70 bits per heavy atom. The fourth-order valence-electron chi connectivity index (χ4n) is 4.54. The first-order valence-electron chi connectivity index (χ1n) is 11.8. The van der Waals surface area contributed by atoms with Crippen molar-refractivity contribution in [3.63, 3.8) is 0 Å². The number of rotatable bonds is 7. The molecule has 9 heteroatoms. The first-order chi connectivity index (χ1) is 16.2. The Balaban J connectivity index is 1.15. The zero-order valence-electron chi connectivity index (χ0n) is 18.9. The second kappa shape index (κ2) is 9.82. The maximum absolute atomic E-state index is 12.9. The Morgan fingerprint density at radius 1 is 1.06 bits per heavy atom. The van der Waals surface area contributed by atoms with Gasteiger partial charge in [0.15, 0.2) is 5.82 Å². The van der Waals surface area contributed by atoms with Gasteiger partial charge < -0.3 is 18.7 Å². The Labute approximate surface area is 192 Å². The fraction of sp³-hybridized carbons (Fsp3) is 0.542. The quantitative estimate of drug-likeness (QED) is 0.530. The molecule has 9 nitrogen and oxygen atoms in total. The van der Waals surface area contributed by atoms with E-state index in [1.165, 1.54) is 5.56 Å². The van der Waals surface area contributed by atoms with Gasteiger partial charge in [0.25, 0.3) is 0 Å². The van der Waals surface area contributed by atoms with Gasteiger partial charge in [-0.05, 0) is 39.0 Å². The molecule has 0 saturated carbocycles. The largest absolute Gasteiger partial charge is 0.381 e. The highest BCUT2D eigenvalue weighted by atomic mass is 16.5. The predicted molar refractivity (Wildman–Crippen MR) is 118 cm³/mol. The van der Waals surface area contributed by atoms with Crippen molar-refractivity contribution >= 4 is 5.91 Å². The van der Waals surface area contributed by atoms with E-state index in [0.29, 0.717) is 36.9 Å². The van der Waals surface area contributed by atoms with Crippen LogP contribution in [0.5, 0.6) is 0 Å². The van der Waals surface area contributed by atoms with Crippen LogP contribution in [0, 0.1) is 6.92 Å². The van der Waals surface area contributed by atoms with Crippen LogP contribution >= 0.6 is 0 Å². The van der Waals surface area contributed by atoms with E-state index in [1.54, 1.807) is 0 Å². The number of aromatic nitrogens is 4. The third-order valence-corrected chi connectivity index (χ3v) is 6.46. The summed E-state index contributed by atoms with van der Waals surface area (Å²) < 4.78 is 16.4. The standard InChI is InChI=1S/C24H29N5O4/c1-16-7-9-17(10-8-16)22-25-20(32-27-22)5-2-6-21(30)29-13-3-4-19(29)24-26-23(28-33-24)18-11-14-31-15-12-18/h7-10,18-19H,2-6,11-15H2,1H3. The summed E-state index contributed by atoms with van der Waals surface area (Å²) in [5, 5.41) is 8.27. The summed E-state index contributed by atoms with van der Waals surface area (Å²) in [5.74, 6) is 2.81. The van der Waals surface area contributed by atoms with Gasteiger partial charge in [-0.1, -0.05) is 40.1 Å². The summed E-state index contributed by atoms with van der Waals surface area (Å²) in [4.78, 5) is 23.9. The van der Waals surface area contributed by atoms with Crippen molar-refractivity contribution in [1.82, 2.24) is 25.2 Å². The number of carbonyl (C=O) groups is 1. The average molecular weight is 452 g/mol. The first kappa shape index (κ1) is 21.8. The monoisotopic (exact) mass is 451 g/mol. The fourth-order valence-corrected chi connectivity index (χ4v) is 4.54. The number of nitrogens with zero attached hydrogens (tertiary/aromatic N) is 5. The van der Waals surface area contributed by atoms with Crippen molar-refractivity contribution in [3.05, 3.63) is 47.4 Å². The van der Waals surface area contributed by atoms with Crippen LogP contribution in [-0.2, 0) is 16.0 Å². The molecule has 2 saturated heterocycles. The average Bonchev–Trinajstić information content (AvgIpc) is 3.60. The van der Waals surface area contributed by atoms with E-state index in [2.05, 4.69) is 20.3 Å². The van der Waals surface area contributed by atoms with Crippen molar-refractivity contribution in [2.75, 3.05) is 19.8 Å². The van der Waals surface area contributed by atoms with Gasteiger partial charge in [-0.25, -0.2) is 0 Å². The zero-order chi connectivity index (χ0) is 22.6. The highest BCUT2D eigenvalue weighted by molar-refractivity contribution is 5.76. The molecular weight excluding hydrogens is 422 g/mol. The number of hydrogen-bond donors (Lipinski definition) is 0. The van der Waals surface area contributed by atoms with E-state index in [4.69, 9.17) is 13.8 Å². The number of carbonyl (C=O) groups excluding carboxylic acids is 1. The maximum Gasteiger partial charge on any atom is 0.249 e. The molecule has 2 aliphatic rings. The summed E-state index contributed by atoms with van der Waals surface area (Å²) in [6, 6.07) is 7.87. The highest BCUT2D eigenvalue weighted by Crippen LogP contribution is 2.33. The van der Waals surface area contributed by atoms with Gasteiger partial charge in [-0.3, -0.25) is 4.79 Å². The second-order valence-corrected chi connectivity index (χ2v) is 8.85. The van der Waals surface area contributed by atoms with Gasteiger partial charge in [0.1, 0.15) is 6.04 Å². The number of ether oxygens (including phenoxy) is 1. The Kier molecular flexibility index (Phi) is 6.48. The van der Waals surface area contributed by atoms with Crippen molar-refractivity contribution < 1.29 is 18.6 Å². The molecule has 0 radical (unpaired) electrons. The number of hydrogen-bond acceptors (Lipinski definition) is 8. The lowest BCUT2D eigenvalue weighted by Gasteiger charge is -2.22. The molecule has 33 heavy (non-hydrogen) atoms. The van der Waals surface area contributed by atoms with Gasteiger partial charge in [0.2, 0.25) is 23.5 Å². The molecule has 0 aliphatic carbocycles. The molecule has 1 unspecified atom stereocenters. The molecule has 174 valence electrons. The second-order valence-electron chi connectivity index (χ2n) is 8.85. The lowest BCUT2D eigenvalue weighted by molar-refractivity contribution is -0.132. The smallest absolute Gasteiger partial charge is 0.249 e. The van der Waals surface area contributed by atoms with Gasteiger partial charge in [0.05, 0.1) is 0 Å². The van der Waals surface area contributed by atoms with E-state index in [9.17, 15) is 4.79 Å². The van der Waals surface area contributed by atoms with Crippen molar-refractivity contribution in [1.29, 1.82) is 0 Å². The SMILES string of the molecule is Cc1ccc(-c2noc(CCCC(=O)N3CCCC3c3nc(C4CCOCC4)no3)n2)cc1. The molecule has 2 fully saturated rings. The third-order valence-electron chi connectivity index (χ3n) is 6.46. The van der Waals surface area contributed by atoms with Crippen LogP contribution in [0.2, 0.25) is 0 Å². The van der Waals surface area contributed by atoms with E-state index < -0.39 is 0 Å². The molecular formula is C24H29N5O4. The molecule has 1 amide bonds. The predicted octanol–water partition coefficient (Wildman–Crippen LogP) is 4.01. The number of benzene rings is 1. The molecule has 2 aromatic heterocycles. The molecule has 1 atom stereocenters. The number of likely N-dealkylation sites (tertiary alicyclic amines) is 1. The Hall–Kier alpha value is -3.07. The van der Waals surface area contributed by atoms with E-state index in [0.717, 1.165) is 56.8 Å². The van der Waals surface area contributed by atoms with Crippen LogP contribution in [0.1, 0.15) is 73.7 Å². The molecule has 0 N–H and O–H groups in total. The van der Waals surface area contributed by atoms with Crippen LogP contribution in [0.25, 0.3) is 11.4 Å². The van der Waals surface area contributed by atoms with Crippen LogP contribution in [0.4, 0.5) is 0 Å². The minimum absolute atomic E-state index is 0.0987. The summed E-state index contributed by atoms with van der Waals surface area (Å²) >= 11 is 0. The van der Waals surface area contributed by atoms with Crippen molar-refractivity contribution in [3.8, 4) is 11.4 Å². The summed E-state index contributed by atoms with van der Waals surface area (Å²) in [5.41, 5.74) is 2.10. The molecule has 5 rings (SSSR count). The lowest BCUT2D eigenvalue weighted by atomic mass is 10.00. The van der Waals surface area contributed by atoms with Gasteiger partial charge in [-0.2, -0.15) is 9.97 Å². The first-order valence-corrected chi connectivity index (χ1v) is 11.8. The molecule has 2 aliphatic heterocycles. The number of aryl methyl sites for hydroxylation is 2. The minimum atomic E-state index is -0.130. The lowest BCUT2D eigenvalue weighted by Crippen LogP contribution is -2.30. The summed E-state index contributed by atoms with van der Waals surface area (Å²) in [6.45, 7) is 4.22. The van der Waals surface area contributed by atoms with Crippen LogP contribution < -0.4 is 0 Å². The maximum atomic E-state index is 12.9. The van der Waals surface area contributed by atoms with Gasteiger partial charge in [-0.15, -0.1) is 0 Å². The van der Waals surface area contributed by atoms with E-state index in [1.807, 2.05) is 36.1 Å². The molecule has 1 aromatic carbocycles. The Morgan fingerprint density at radius 2 is 1.88 bits per heavy atom. The highest BCUT2D eigenvalue weighted by Gasteiger charge is 2.34. The van der Waals surface area contributed by atoms with Crippen LogP contribution in [0.3, 0.4) is 0 Å². The summed E-state index contributed by atoms with van der Waals surface area (Å²) in [6.07, 6.45) is 5.24. The van der Waals surface area contributed by atoms with Crippen LogP contribution in [0.15, 0.2) is 33.3 Å². The molecule has 0 spiro atoms. The van der Waals surface area contributed by atoms with Gasteiger partial charge >= 0.3 is 0 Å². The number of amides is 1. The van der Waals surface area contributed by atoms with E-state index >= 15 is 0 Å². The van der Waals surface area contributed by atoms with Gasteiger partial charge in [0, 0.05) is 44.1 Å². The molecule has 4 heterocycles. The Bertz CT molecular complexity index is 1070. The third kappa shape index (κ3) is 4.98. The topological polar surface area (TPSA) is 107 Å². The molecule has 0 bridgehead atoms. The zero-order valence-corrected chi connectivity index (χ0v) is 18.9. The molecule has 3 aromatic rings. The van der Waals surface area contributed by atoms with Crippen LogP contribution in [-0.4, -0.2) is 50.8 Å². The van der Waals surface area contributed by atoms with Crippen molar-refractivity contribution in [2.24, 2.45) is 0 Å². The summed E-state index contributed by atoms with van der Waals surface area (Å²) in [7, 11) is 0. The normalized spacial score (nSPS) is 19.3.